The van der Waals surface area contributed by atoms with Crippen LogP contribution in [0.5, 0.6) is 0 Å². The lowest BCUT2D eigenvalue weighted by atomic mass is 10.1. The topological polar surface area (TPSA) is 84.0 Å². The Bertz CT molecular complexity index is 448. The Morgan fingerprint density at radius 1 is 1.58 bits per heavy atom. The molecule has 19 heavy (non-hydrogen) atoms. The summed E-state index contributed by atoms with van der Waals surface area (Å²) in [6.45, 7) is 7.33. The van der Waals surface area contributed by atoms with Crippen molar-refractivity contribution in [2.75, 3.05) is 25.2 Å². The number of pyridine rings is 1. The van der Waals surface area contributed by atoms with Crippen LogP contribution < -0.4 is 10.6 Å². The monoisotopic (exact) mass is 266 g/mol. The van der Waals surface area contributed by atoms with E-state index in [4.69, 9.17) is 15.7 Å². The number of hydrogen-bond donors (Lipinski definition) is 2. The van der Waals surface area contributed by atoms with Gasteiger partial charge in [0, 0.05) is 19.3 Å². The maximum absolute atomic E-state index is 8.87. The molecule has 0 aromatic carbocycles. The Labute approximate surface area is 113 Å². The lowest BCUT2D eigenvalue weighted by molar-refractivity contribution is 0.181. The molecule has 0 radical (unpaired) electrons. The molecule has 0 saturated heterocycles. The standard InChI is InChI=1S/C13H22N4O2/c1-5-17(10(3)8-19-4)13-11(12(14)16-18)7-6-9(2)15-13/h6-7,10,18H,5,8H2,1-4H3,(H2,14,16). The van der Waals surface area contributed by atoms with Crippen LogP contribution in [-0.4, -0.2) is 42.3 Å². The van der Waals surface area contributed by atoms with Gasteiger partial charge in [-0.05, 0) is 32.9 Å². The van der Waals surface area contributed by atoms with Gasteiger partial charge in [-0.3, -0.25) is 0 Å². The van der Waals surface area contributed by atoms with Gasteiger partial charge >= 0.3 is 0 Å². The smallest absolute Gasteiger partial charge is 0.173 e. The minimum Gasteiger partial charge on any atom is -0.409 e. The molecule has 0 aliphatic carbocycles. The summed E-state index contributed by atoms with van der Waals surface area (Å²) in [5.41, 5.74) is 7.22. The van der Waals surface area contributed by atoms with Crippen molar-refractivity contribution in [2.24, 2.45) is 10.9 Å². The third-order valence-corrected chi connectivity index (χ3v) is 2.95. The Morgan fingerprint density at radius 3 is 2.79 bits per heavy atom. The van der Waals surface area contributed by atoms with Crippen LogP contribution in [0.3, 0.4) is 0 Å². The van der Waals surface area contributed by atoms with E-state index in [-0.39, 0.29) is 11.9 Å². The fraction of sp³-hybridized carbons (Fsp3) is 0.538. The molecule has 0 bridgehead atoms. The quantitative estimate of drug-likeness (QED) is 0.351. The summed E-state index contributed by atoms with van der Waals surface area (Å²) in [6, 6.07) is 3.80. The maximum atomic E-state index is 8.87. The number of nitrogens with zero attached hydrogens (tertiary/aromatic N) is 3. The van der Waals surface area contributed by atoms with Gasteiger partial charge in [0.25, 0.3) is 0 Å². The molecular weight excluding hydrogens is 244 g/mol. The number of nitrogens with two attached hydrogens (primary N) is 1. The van der Waals surface area contributed by atoms with Crippen LogP contribution >= 0.6 is 0 Å². The van der Waals surface area contributed by atoms with Gasteiger partial charge in [-0.2, -0.15) is 0 Å². The molecule has 1 heterocycles. The van der Waals surface area contributed by atoms with Crippen molar-refractivity contribution >= 4 is 11.7 Å². The first kappa shape index (κ1) is 15.2. The van der Waals surface area contributed by atoms with E-state index >= 15 is 0 Å². The van der Waals surface area contributed by atoms with Crippen LogP contribution in [0, 0.1) is 6.92 Å². The Morgan fingerprint density at radius 2 is 2.26 bits per heavy atom. The van der Waals surface area contributed by atoms with Gasteiger partial charge in [-0.25, -0.2) is 4.98 Å². The number of ether oxygens (including phenoxy) is 1. The molecule has 6 nitrogen and oxygen atoms in total. The minimum atomic E-state index is 0.0607. The average molecular weight is 266 g/mol. The normalized spacial score (nSPS) is 13.4. The predicted octanol–water partition coefficient (Wildman–Crippen LogP) is 1.35. The molecule has 0 spiro atoms. The molecule has 6 heteroatoms. The van der Waals surface area contributed by atoms with Crippen LogP contribution in [0.15, 0.2) is 17.3 Å². The predicted molar refractivity (Wildman–Crippen MR) is 75.8 cm³/mol. The summed E-state index contributed by atoms with van der Waals surface area (Å²) < 4.78 is 5.18. The number of amidine groups is 1. The van der Waals surface area contributed by atoms with E-state index in [2.05, 4.69) is 15.0 Å². The highest BCUT2D eigenvalue weighted by Crippen LogP contribution is 2.20. The van der Waals surface area contributed by atoms with Crippen LogP contribution in [-0.2, 0) is 4.74 Å². The van der Waals surface area contributed by atoms with Gasteiger partial charge in [0.1, 0.15) is 5.82 Å². The van der Waals surface area contributed by atoms with Crippen molar-refractivity contribution in [2.45, 2.75) is 26.8 Å². The highest BCUT2D eigenvalue weighted by atomic mass is 16.5. The van der Waals surface area contributed by atoms with Crippen LogP contribution in [0.2, 0.25) is 0 Å². The Balaban J connectivity index is 3.24. The average Bonchev–Trinajstić information content (AvgIpc) is 2.39. The van der Waals surface area contributed by atoms with Crippen molar-refractivity contribution in [1.29, 1.82) is 0 Å². The van der Waals surface area contributed by atoms with E-state index in [0.29, 0.717) is 18.0 Å². The van der Waals surface area contributed by atoms with E-state index < -0.39 is 0 Å². The van der Waals surface area contributed by atoms with Crippen molar-refractivity contribution in [3.63, 3.8) is 0 Å². The molecular formula is C13H22N4O2. The summed E-state index contributed by atoms with van der Waals surface area (Å²) >= 11 is 0. The lowest BCUT2D eigenvalue weighted by Crippen LogP contribution is -2.38. The molecule has 0 fully saturated rings. The molecule has 1 atom stereocenters. The Hall–Kier alpha value is -1.82. The van der Waals surface area contributed by atoms with Gasteiger partial charge in [0.2, 0.25) is 0 Å². The first-order valence-electron chi connectivity index (χ1n) is 6.26. The van der Waals surface area contributed by atoms with E-state index in [1.54, 1.807) is 7.11 Å². The number of aryl methyl sites for hydroxylation is 1. The first-order valence-corrected chi connectivity index (χ1v) is 6.26. The second-order valence-corrected chi connectivity index (χ2v) is 4.40. The molecule has 0 aliphatic heterocycles. The zero-order valence-electron chi connectivity index (χ0n) is 11.9. The van der Waals surface area contributed by atoms with Crippen LogP contribution in [0.4, 0.5) is 5.82 Å². The summed E-state index contributed by atoms with van der Waals surface area (Å²) in [6.07, 6.45) is 0. The Kier molecular flexibility index (Phi) is 5.57. The fourth-order valence-corrected chi connectivity index (χ4v) is 2.02. The molecule has 0 amide bonds. The van der Waals surface area contributed by atoms with Gasteiger partial charge in [0.05, 0.1) is 18.2 Å². The lowest BCUT2D eigenvalue weighted by Gasteiger charge is -2.30. The maximum Gasteiger partial charge on any atom is 0.173 e. The summed E-state index contributed by atoms with van der Waals surface area (Å²) in [7, 11) is 1.67. The SMILES string of the molecule is CCN(c1nc(C)ccc1C(N)=NO)C(C)COC. The molecule has 1 aromatic rings. The number of methoxy groups -OCH3 is 1. The summed E-state index contributed by atoms with van der Waals surface area (Å²) in [4.78, 5) is 6.59. The van der Waals surface area contributed by atoms with E-state index in [9.17, 15) is 0 Å². The number of oxime groups is 1. The molecule has 1 unspecified atom stereocenters. The highest BCUT2D eigenvalue weighted by molar-refractivity contribution is 6.01. The molecule has 1 aromatic heterocycles. The van der Waals surface area contributed by atoms with Crippen molar-refractivity contribution in [3.05, 3.63) is 23.4 Å². The second-order valence-electron chi connectivity index (χ2n) is 4.40. The third kappa shape index (κ3) is 3.57. The van der Waals surface area contributed by atoms with Gasteiger partial charge < -0.3 is 20.6 Å². The van der Waals surface area contributed by atoms with Crippen LogP contribution in [0.25, 0.3) is 0 Å². The van der Waals surface area contributed by atoms with Crippen LogP contribution in [0.1, 0.15) is 25.1 Å². The molecule has 1 rings (SSSR count). The summed E-state index contributed by atoms with van der Waals surface area (Å²) in [5.74, 6) is 0.771. The fourth-order valence-electron chi connectivity index (χ4n) is 2.02. The number of anilines is 1. The van der Waals surface area contributed by atoms with Crippen molar-refractivity contribution in [1.82, 2.24) is 4.98 Å². The zero-order valence-corrected chi connectivity index (χ0v) is 11.9. The van der Waals surface area contributed by atoms with Crippen molar-refractivity contribution < 1.29 is 9.94 Å². The minimum absolute atomic E-state index is 0.0607. The van der Waals surface area contributed by atoms with E-state index in [1.807, 2.05) is 32.9 Å². The second kappa shape index (κ2) is 6.94. The van der Waals surface area contributed by atoms with Gasteiger partial charge in [0.15, 0.2) is 5.84 Å². The third-order valence-electron chi connectivity index (χ3n) is 2.95. The van der Waals surface area contributed by atoms with Gasteiger partial charge in [-0.1, -0.05) is 5.16 Å². The zero-order chi connectivity index (χ0) is 14.4. The molecule has 0 saturated carbocycles. The number of likely N-dealkylation sites (N-methyl/N-ethyl adjacent to an activating group) is 1. The van der Waals surface area contributed by atoms with Gasteiger partial charge in [-0.15, -0.1) is 0 Å². The highest BCUT2D eigenvalue weighted by Gasteiger charge is 2.19. The largest absolute Gasteiger partial charge is 0.409 e. The first-order chi connectivity index (χ1) is 9.04. The molecule has 0 aliphatic rings. The van der Waals surface area contributed by atoms with E-state index in [1.165, 1.54) is 0 Å². The number of rotatable bonds is 6. The van der Waals surface area contributed by atoms with E-state index in [0.717, 1.165) is 12.2 Å². The molecule has 3 N–H and O–H groups in total. The molecule has 106 valence electrons. The number of aromatic nitrogens is 1. The number of hydrogen-bond acceptors (Lipinski definition) is 5. The van der Waals surface area contributed by atoms with Crippen molar-refractivity contribution in [3.8, 4) is 0 Å². The summed E-state index contributed by atoms with van der Waals surface area (Å²) in [5, 5.41) is 11.9.